The monoisotopic (exact) mass is 382 g/mol. The molecular formula is C18H20ClFN2O4. The third-order valence-electron chi connectivity index (χ3n) is 4.13. The van der Waals surface area contributed by atoms with Gasteiger partial charge in [-0.2, -0.15) is 0 Å². The molecule has 2 unspecified atom stereocenters. The second-order valence-corrected chi connectivity index (χ2v) is 6.64. The normalized spacial score (nSPS) is 13.3. The van der Waals surface area contributed by atoms with Gasteiger partial charge in [0, 0.05) is 12.0 Å². The molecule has 6 nitrogen and oxygen atoms in total. The minimum absolute atomic E-state index is 0.0684. The number of hydrogen-bond donors (Lipinski definition) is 2. The lowest BCUT2D eigenvalue weighted by Gasteiger charge is -2.19. The fraction of sp³-hybridized carbons (Fsp3) is 0.389. The summed E-state index contributed by atoms with van der Waals surface area (Å²) in [5, 5.41) is 15.6. The molecule has 2 aromatic rings. The summed E-state index contributed by atoms with van der Waals surface area (Å²) in [5.41, 5.74) is 1.91. The van der Waals surface area contributed by atoms with E-state index in [2.05, 4.69) is 10.5 Å². The van der Waals surface area contributed by atoms with Gasteiger partial charge < -0.3 is 14.9 Å². The van der Waals surface area contributed by atoms with Crippen molar-refractivity contribution in [1.29, 1.82) is 0 Å². The number of rotatable bonds is 7. The van der Waals surface area contributed by atoms with Crippen molar-refractivity contribution in [2.45, 2.75) is 45.6 Å². The fourth-order valence-corrected chi connectivity index (χ4v) is 3.10. The molecule has 2 atom stereocenters. The van der Waals surface area contributed by atoms with Crippen LogP contribution in [0.3, 0.4) is 0 Å². The number of amides is 1. The maximum Gasteiger partial charge on any atom is 0.305 e. The molecule has 0 fully saturated rings. The van der Waals surface area contributed by atoms with Gasteiger partial charge in [0.15, 0.2) is 0 Å². The van der Waals surface area contributed by atoms with Crippen molar-refractivity contribution in [3.05, 3.63) is 51.6 Å². The molecule has 0 aliphatic heterocycles. The second-order valence-electron chi connectivity index (χ2n) is 6.23. The molecule has 8 heteroatoms. The minimum Gasteiger partial charge on any atom is -0.481 e. The van der Waals surface area contributed by atoms with E-state index in [1.807, 2.05) is 6.92 Å². The summed E-state index contributed by atoms with van der Waals surface area (Å²) >= 11 is 5.66. The van der Waals surface area contributed by atoms with E-state index < -0.39 is 17.8 Å². The van der Waals surface area contributed by atoms with Gasteiger partial charge in [0.2, 0.25) is 5.91 Å². The molecule has 1 heterocycles. The van der Waals surface area contributed by atoms with E-state index in [1.54, 1.807) is 13.8 Å². The van der Waals surface area contributed by atoms with E-state index in [1.165, 1.54) is 12.1 Å². The first-order chi connectivity index (χ1) is 12.2. The van der Waals surface area contributed by atoms with E-state index in [0.717, 1.165) is 11.6 Å². The maximum atomic E-state index is 13.7. The van der Waals surface area contributed by atoms with Crippen molar-refractivity contribution in [3.8, 4) is 0 Å². The zero-order chi connectivity index (χ0) is 19.4. The summed E-state index contributed by atoms with van der Waals surface area (Å²) in [6.45, 7) is 5.43. The summed E-state index contributed by atoms with van der Waals surface area (Å²) in [4.78, 5) is 23.5. The lowest BCUT2D eigenvalue weighted by Crippen LogP contribution is -2.31. The smallest absolute Gasteiger partial charge is 0.305 e. The first-order valence-corrected chi connectivity index (χ1v) is 8.45. The van der Waals surface area contributed by atoms with Gasteiger partial charge in [-0.15, -0.1) is 0 Å². The summed E-state index contributed by atoms with van der Waals surface area (Å²) in [7, 11) is 0. The number of carbonyl (C=O) groups is 2. The molecule has 0 saturated heterocycles. The van der Waals surface area contributed by atoms with Gasteiger partial charge in [-0.25, -0.2) is 4.39 Å². The van der Waals surface area contributed by atoms with Crippen LogP contribution in [-0.2, 0) is 9.59 Å². The average molecular weight is 383 g/mol. The Hall–Kier alpha value is -2.41. The van der Waals surface area contributed by atoms with Gasteiger partial charge in [-0.3, -0.25) is 9.59 Å². The minimum atomic E-state index is -1.11. The first kappa shape index (κ1) is 19.9. The number of nitrogens with one attached hydrogen (secondary N) is 1. The Kier molecular flexibility index (Phi) is 6.37. The Morgan fingerprint density at radius 3 is 2.58 bits per heavy atom. The number of hydrogen-bond acceptors (Lipinski definition) is 4. The van der Waals surface area contributed by atoms with Gasteiger partial charge in [-0.1, -0.05) is 29.7 Å². The lowest BCUT2D eigenvalue weighted by atomic mass is 9.95. The zero-order valence-corrected chi connectivity index (χ0v) is 15.4. The molecule has 0 saturated carbocycles. The van der Waals surface area contributed by atoms with Crippen molar-refractivity contribution < 1.29 is 23.6 Å². The van der Waals surface area contributed by atoms with Gasteiger partial charge in [-0.05, 0) is 37.5 Å². The van der Waals surface area contributed by atoms with Gasteiger partial charge in [0.1, 0.15) is 11.6 Å². The van der Waals surface area contributed by atoms with Crippen LogP contribution in [-0.4, -0.2) is 22.1 Å². The molecule has 0 bridgehead atoms. The second kappa shape index (κ2) is 8.31. The molecule has 26 heavy (non-hydrogen) atoms. The quantitative estimate of drug-likeness (QED) is 0.757. The number of nitrogens with zero attached hydrogens (tertiary/aromatic N) is 1. The van der Waals surface area contributed by atoms with E-state index in [4.69, 9.17) is 21.2 Å². The van der Waals surface area contributed by atoms with Crippen LogP contribution in [0.25, 0.3) is 0 Å². The van der Waals surface area contributed by atoms with Gasteiger partial charge in [0.25, 0.3) is 0 Å². The Bertz CT molecular complexity index is 802. The standard InChI is InChI=1S/C18H20ClFN2O4/c1-9(18-10(2)22-26-11(18)3)6-16(23)21-15(8-17(24)25)12-4-5-13(19)14(20)7-12/h4-5,7,9,15H,6,8H2,1-3H3,(H,21,23)(H,24,25). The van der Waals surface area contributed by atoms with Gasteiger partial charge in [0.05, 0.1) is 23.2 Å². The summed E-state index contributed by atoms with van der Waals surface area (Å²) in [6, 6.07) is 3.11. The summed E-state index contributed by atoms with van der Waals surface area (Å²) in [6.07, 6.45) is -0.248. The molecule has 0 radical (unpaired) electrons. The first-order valence-electron chi connectivity index (χ1n) is 8.08. The Balaban J connectivity index is 2.13. The number of carboxylic acids is 1. The number of benzene rings is 1. The van der Waals surface area contributed by atoms with Crippen molar-refractivity contribution in [2.75, 3.05) is 0 Å². The van der Waals surface area contributed by atoms with Crippen LogP contribution >= 0.6 is 11.6 Å². The molecule has 1 aromatic heterocycles. The number of carbonyl (C=O) groups excluding carboxylic acids is 1. The highest BCUT2D eigenvalue weighted by molar-refractivity contribution is 6.30. The molecule has 1 amide bonds. The Morgan fingerprint density at radius 2 is 2.04 bits per heavy atom. The summed E-state index contributed by atoms with van der Waals surface area (Å²) < 4.78 is 18.8. The predicted octanol–water partition coefficient (Wildman–Crippen LogP) is 3.91. The van der Waals surface area contributed by atoms with Gasteiger partial charge >= 0.3 is 5.97 Å². The largest absolute Gasteiger partial charge is 0.481 e. The zero-order valence-electron chi connectivity index (χ0n) is 14.7. The SMILES string of the molecule is Cc1noc(C)c1C(C)CC(=O)NC(CC(=O)O)c1ccc(Cl)c(F)c1. The number of aryl methyl sites for hydroxylation is 2. The number of aliphatic carboxylic acids is 1. The molecule has 0 aliphatic carbocycles. The Labute approximate surface area is 155 Å². The van der Waals surface area contributed by atoms with Crippen molar-refractivity contribution >= 4 is 23.5 Å². The highest BCUT2D eigenvalue weighted by Crippen LogP contribution is 2.27. The van der Waals surface area contributed by atoms with Crippen LogP contribution in [0.15, 0.2) is 22.7 Å². The highest BCUT2D eigenvalue weighted by Gasteiger charge is 2.23. The van der Waals surface area contributed by atoms with Crippen LogP contribution < -0.4 is 5.32 Å². The van der Waals surface area contributed by atoms with Crippen LogP contribution in [0.2, 0.25) is 5.02 Å². The molecule has 0 aliphatic rings. The molecular weight excluding hydrogens is 363 g/mol. The topological polar surface area (TPSA) is 92.4 Å². The van der Waals surface area contributed by atoms with E-state index >= 15 is 0 Å². The lowest BCUT2D eigenvalue weighted by molar-refractivity contribution is -0.137. The van der Waals surface area contributed by atoms with E-state index in [-0.39, 0.29) is 29.7 Å². The average Bonchev–Trinajstić information content (AvgIpc) is 2.87. The van der Waals surface area contributed by atoms with Crippen LogP contribution in [0, 0.1) is 19.7 Å². The molecule has 2 rings (SSSR count). The van der Waals surface area contributed by atoms with Crippen molar-refractivity contribution in [3.63, 3.8) is 0 Å². The molecule has 0 spiro atoms. The van der Waals surface area contributed by atoms with E-state index in [9.17, 15) is 14.0 Å². The highest BCUT2D eigenvalue weighted by atomic mass is 35.5. The third-order valence-corrected chi connectivity index (χ3v) is 4.44. The number of aromatic nitrogens is 1. The maximum absolute atomic E-state index is 13.7. The fourth-order valence-electron chi connectivity index (χ4n) is 2.98. The van der Waals surface area contributed by atoms with Crippen LogP contribution in [0.4, 0.5) is 4.39 Å². The van der Waals surface area contributed by atoms with Crippen LogP contribution in [0.5, 0.6) is 0 Å². The molecule has 1 aromatic carbocycles. The molecule has 2 N–H and O–H groups in total. The Morgan fingerprint density at radius 1 is 1.35 bits per heavy atom. The summed E-state index contributed by atoms with van der Waals surface area (Å²) in [5.74, 6) is -1.64. The van der Waals surface area contributed by atoms with Crippen molar-refractivity contribution in [2.24, 2.45) is 0 Å². The predicted molar refractivity (Wildman–Crippen MR) is 93.6 cm³/mol. The number of carboxylic acid groups (broad SMARTS) is 1. The number of halogens is 2. The van der Waals surface area contributed by atoms with Crippen molar-refractivity contribution in [1.82, 2.24) is 10.5 Å². The molecule has 140 valence electrons. The van der Waals surface area contributed by atoms with Crippen LogP contribution in [0.1, 0.15) is 54.3 Å². The third kappa shape index (κ3) is 4.82. The van der Waals surface area contributed by atoms with E-state index in [0.29, 0.717) is 17.0 Å².